The zero-order chi connectivity index (χ0) is 18.4. The molecule has 2 aromatic rings. The summed E-state index contributed by atoms with van der Waals surface area (Å²) in [6, 6.07) is 11.9. The van der Waals surface area contributed by atoms with Crippen molar-refractivity contribution in [2.45, 2.75) is 40.2 Å². The third-order valence-electron chi connectivity index (χ3n) is 4.25. The van der Waals surface area contributed by atoms with Gasteiger partial charge in [0.1, 0.15) is 11.5 Å². The number of methoxy groups -OCH3 is 1. The highest BCUT2D eigenvalue weighted by Gasteiger charge is 2.14. The van der Waals surface area contributed by atoms with E-state index in [2.05, 4.69) is 18.3 Å². The fraction of sp³-hybridized carbons (Fsp3) is 0.381. The molecule has 0 heterocycles. The summed E-state index contributed by atoms with van der Waals surface area (Å²) >= 11 is 0. The Morgan fingerprint density at radius 3 is 2.32 bits per heavy atom. The molecular weight excluding hydrogens is 314 g/mol. The van der Waals surface area contributed by atoms with E-state index in [1.807, 2.05) is 51.1 Å². The summed E-state index contributed by atoms with van der Waals surface area (Å²) in [4.78, 5) is 12.3. The van der Waals surface area contributed by atoms with Gasteiger partial charge in [-0.05, 0) is 56.0 Å². The van der Waals surface area contributed by atoms with Crippen molar-refractivity contribution in [1.29, 1.82) is 0 Å². The van der Waals surface area contributed by atoms with Crippen molar-refractivity contribution in [3.63, 3.8) is 0 Å². The van der Waals surface area contributed by atoms with Crippen LogP contribution in [-0.2, 0) is 4.79 Å². The largest absolute Gasteiger partial charge is 0.496 e. The van der Waals surface area contributed by atoms with Gasteiger partial charge in [-0.2, -0.15) is 0 Å². The first-order valence-electron chi connectivity index (χ1n) is 8.58. The number of hydrogen-bond acceptors (Lipinski definition) is 3. The summed E-state index contributed by atoms with van der Waals surface area (Å²) in [6.07, 6.45) is 0.807. The summed E-state index contributed by atoms with van der Waals surface area (Å²) in [5.41, 5.74) is 4.33. The maximum atomic E-state index is 12.3. The van der Waals surface area contributed by atoms with Crippen LogP contribution in [0.4, 0.5) is 0 Å². The average Bonchev–Trinajstić information content (AvgIpc) is 2.58. The molecule has 0 aliphatic carbocycles. The Kier molecular flexibility index (Phi) is 6.45. The molecule has 1 atom stereocenters. The predicted octanol–water partition coefficient (Wildman–Crippen LogP) is 4.27. The minimum absolute atomic E-state index is 0.00946. The second kappa shape index (κ2) is 8.56. The van der Waals surface area contributed by atoms with Gasteiger partial charge in [-0.15, -0.1) is 0 Å². The van der Waals surface area contributed by atoms with Crippen LogP contribution in [-0.4, -0.2) is 19.6 Å². The normalized spacial score (nSPS) is 11.7. The van der Waals surface area contributed by atoms with Crippen LogP contribution in [0.3, 0.4) is 0 Å². The molecule has 2 aromatic carbocycles. The van der Waals surface area contributed by atoms with E-state index in [1.165, 1.54) is 5.56 Å². The third kappa shape index (κ3) is 4.99. The number of benzene rings is 2. The van der Waals surface area contributed by atoms with Crippen LogP contribution in [0.25, 0.3) is 0 Å². The summed E-state index contributed by atoms with van der Waals surface area (Å²) in [6.45, 7) is 8.08. The van der Waals surface area contributed by atoms with E-state index in [-0.39, 0.29) is 18.6 Å². The number of rotatable bonds is 7. The van der Waals surface area contributed by atoms with Crippen molar-refractivity contribution in [3.8, 4) is 11.5 Å². The fourth-order valence-corrected chi connectivity index (χ4v) is 2.88. The summed E-state index contributed by atoms with van der Waals surface area (Å²) < 4.78 is 11.0. The highest BCUT2D eigenvalue weighted by Crippen LogP contribution is 2.24. The number of carbonyl (C=O) groups is 1. The minimum Gasteiger partial charge on any atom is -0.496 e. The predicted molar refractivity (Wildman–Crippen MR) is 100 cm³/mol. The summed E-state index contributed by atoms with van der Waals surface area (Å²) in [5, 5.41) is 3.04. The summed E-state index contributed by atoms with van der Waals surface area (Å²) in [7, 11) is 1.66. The standard InChI is InChI=1S/C21H27NO3/c1-6-18(17-8-10-19(24-5)16(4)12-17)22-21(23)13-25-20-9-7-14(2)11-15(20)3/h7-12,18H,6,13H2,1-5H3,(H,22,23). The van der Waals surface area contributed by atoms with Crippen molar-refractivity contribution in [3.05, 3.63) is 58.7 Å². The molecular formula is C21H27NO3. The van der Waals surface area contributed by atoms with Crippen LogP contribution in [0.15, 0.2) is 36.4 Å². The first kappa shape index (κ1) is 18.8. The van der Waals surface area contributed by atoms with Gasteiger partial charge in [0.25, 0.3) is 5.91 Å². The molecule has 0 bridgehead atoms. The molecule has 2 rings (SSSR count). The molecule has 134 valence electrons. The van der Waals surface area contributed by atoms with Gasteiger partial charge in [0.05, 0.1) is 13.2 Å². The quantitative estimate of drug-likeness (QED) is 0.818. The van der Waals surface area contributed by atoms with Crippen LogP contribution in [0.5, 0.6) is 11.5 Å². The highest BCUT2D eigenvalue weighted by atomic mass is 16.5. The van der Waals surface area contributed by atoms with Gasteiger partial charge in [0.15, 0.2) is 6.61 Å². The lowest BCUT2D eigenvalue weighted by molar-refractivity contribution is -0.123. The van der Waals surface area contributed by atoms with E-state index < -0.39 is 0 Å². The lowest BCUT2D eigenvalue weighted by Gasteiger charge is -2.19. The van der Waals surface area contributed by atoms with Gasteiger partial charge in [0, 0.05) is 0 Å². The molecule has 1 amide bonds. The Labute approximate surface area is 150 Å². The van der Waals surface area contributed by atoms with Crippen molar-refractivity contribution in [1.82, 2.24) is 5.32 Å². The van der Waals surface area contributed by atoms with Crippen LogP contribution >= 0.6 is 0 Å². The van der Waals surface area contributed by atoms with Crippen LogP contribution in [0, 0.1) is 20.8 Å². The maximum absolute atomic E-state index is 12.3. The molecule has 1 unspecified atom stereocenters. The molecule has 4 nitrogen and oxygen atoms in total. The van der Waals surface area contributed by atoms with Crippen molar-refractivity contribution in [2.24, 2.45) is 0 Å². The first-order valence-corrected chi connectivity index (χ1v) is 8.58. The molecule has 0 aromatic heterocycles. The zero-order valence-corrected chi connectivity index (χ0v) is 15.7. The number of amides is 1. The third-order valence-corrected chi connectivity index (χ3v) is 4.25. The Hall–Kier alpha value is -2.49. The number of hydrogen-bond donors (Lipinski definition) is 1. The van der Waals surface area contributed by atoms with Gasteiger partial charge in [-0.3, -0.25) is 4.79 Å². The van der Waals surface area contributed by atoms with E-state index in [0.29, 0.717) is 0 Å². The van der Waals surface area contributed by atoms with Gasteiger partial charge >= 0.3 is 0 Å². The molecule has 0 aliphatic rings. The van der Waals surface area contributed by atoms with Crippen LogP contribution in [0.2, 0.25) is 0 Å². The molecule has 1 N–H and O–H groups in total. The first-order chi connectivity index (χ1) is 11.9. The molecule has 25 heavy (non-hydrogen) atoms. The average molecular weight is 341 g/mol. The second-order valence-corrected chi connectivity index (χ2v) is 6.32. The lowest BCUT2D eigenvalue weighted by Crippen LogP contribution is -2.32. The Bertz CT molecular complexity index is 740. The number of ether oxygens (including phenoxy) is 2. The molecule has 0 fully saturated rings. The van der Waals surface area contributed by atoms with E-state index in [9.17, 15) is 4.79 Å². The lowest BCUT2D eigenvalue weighted by atomic mass is 10.0. The van der Waals surface area contributed by atoms with Gasteiger partial charge < -0.3 is 14.8 Å². The second-order valence-electron chi connectivity index (χ2n) is 6.32. The van der Waals surface area contributed by atoms with E-state index in [4.69, 9.17) is 9.47 Å². The maximum Gasteiger partial charge on any atom is 0.258 e. The van der Waals surface area contributed by atoms with Crippen LogP contribution in [0.1, 0.15) is 41.6 Å². The fourth-order valence-electron chi connectivity index (χ4n) is 2.88. The van der Waals surface area contributed by atoms with Crippen molar-refractivity contribution in [2.75, 3.05) is 13.7 Å². The SMILES string of the molecule is CCC(NC(=O)COc1ccc(C)cc1C)c1ccc(OC)c(C)c1. The number of aryl methyl sites for hydroxylation is 3. The Morgan fingerprint density at radius 1 is 1.04 bits per heavy atom. The zero-order valence-electron chi connectivity index (χ0n) is 15.7. The van der Waals surface area contributed by atoms with Crippen molar-refractivity contribution < 1.29 is 14.3 Å². The molecule has 0 aliphatic heterocycles. The van der Waals surface area contributed by atoms with Crippen LogP contribution < -0.4 is 14.8 Å². The van der Waals surface area contributed by atoms with E-state index in [1.54, 1.807) is 7.11 Å². The molecule has 4 heteroatoms. The van der Waals surface area contributed by atoms with E-state index in [0.717, 1.165) is 34.6 Å². The molecule has 0 saturated carbocycles. The number of nitrogens with one attached hydrogen (secondary N) is 1. The Morgan fingerprint density at radius 2 is 1.72 bits per heavy atom. The molecule has 0 saturated heterocycles. The highest BCUT2D eigenvalue weighted by molar-refractivity contribution is 5.78. The molecule has 0 spiro atoms. The number of carbonyl (C=O) groups excluding carboxylic acids is 1. The Balaban J connectivity index is 1.98. The topological polar surface area (TPSA) is 47.6 Å². The van der Waals surface area contributed by atoms with Gasteiger partial charge in [-0.1, -0.05) is 36.8 Å². The smallest absolute Gasteiger partial charge is 0.258 e. The van der Waals surface area contributed by atoms with Gasteiger partial charge in [-0.25, -0.2) is 0 Å². The van der Waals surface area contributed by atoms with E-state index >= 15 is 0 Å². The molecule has 0 radical (unpaired) electrons. The minimum atomic E-state index is -0.125. The summed E-state index contributed by atoms with van der Waals surface area (Å²) in [5.74, 6) is 1.47. The monoisotopic (exact) mass is 341 g/mol. The van der Waals surface area contributed by atoms with Crippen molar-refractivity contribution >= 4 is 5.91 Å². The van der Waals surface area contributed by atoms with Gasteiger partial charge in [0.2, 0.25) is 0 Å².